The normalized spacial score (nSPS) is 18.8. The topological polar surface area (TPSA) is 271 Å². The first-order chi connectivity index (χ1) is 27.0. The maximum absolute atomic E-state index is 13.3. The summed E-state index contributed by atoms with van der Waals surface area (Å²) in [7, 11) is 0. The fourth-order valence-corrected chi connectivity index (χ4v) is 5.62. The number of aliphatic hydroxyl groups excluding tert-OH is 1. The Kier molecular flexibility index (Phi) is 25.3. The van der Waals surface area contributed by atoms with Crippen LogP contribution in [-0.2, 0) is 39.9 Å². The van der Waals surface area contributed by atoms with E-state index in [0.717, 1.165) is 25.9 Å². The van der Waals surface area contributed by atoms with E-state index in [1.807, 2.05) is 20.8 Å². The number of carbonyl (C=O) groups is 6. The van der Waals surface area contributed by atoms with Crippen molar-refractivity contribution in [3.63, 3.8) is 0 Å². The Balaban J connectivity index is 0.00000159. The van der Waals surface area contributed by atoms with Gasteiger partial charge in [-0.1, -0.05) is 13.0 Å². The van der Waals surface area contributed by atoms with Crippen molar-refractivity contribution in [1.29, 1.82) is 0 Å². The van der Waals surface area contributed by atoms with E-state index >= 15 is 0 Å². The highest BCUT2D eigenvalue weighted by Gasteiger charge is 2.49. The van der Waals surface area contributed by atoms with Gasteiger partial charge in [0, 0.05) is 45.2 Å². The molecule has 0 spiro atoms. The number of esters is 2. The number of aliphatic hydroxyl groups is 1. The molecule has 9 N–H and O–H groups in total. The molecule has 5 atom stereocenters. The Hall–Kier alpha value is -4.32. The third-order valence-corrected chi connectivity index (χ3v) is 8.22. The molecular formula is C41H71N5O12. The van der Waals surface area contributed by atoms with Crippen LogP contribution < -0.4 is 32.6 Å². The van der Waals surface area contributed by atoms with Crippen molar-refractivity contribution in [3.05, 3.63) is 29.3 Å². The molecule has 1 fully saturated rings. The molecule has 2 amide bonds. The minimum Gasteiger partial charge on any atom is -0.486 e. The largest absolute Gasteiger partial charge is 0.486 e. The molecule has 17 heteroatoms. The molecule has 0 heterocycles. The zero-order chi connectivity index (χ0) is 44.6. The summed E-state index contributed by atoms with van der Waals surface area (Å²) >= 11 is 0. The second kappa shape index (κ2) is 27.4. The quantitative estimate of drug-likeness (QED) is 0.0559. The van der Waals surface area contributed by atoms with E-state index in [2.05, 4.69) is 10.6 Å². The van der Waals surface area contributed by atoms with Crippen molar-refractivity contribution in [2.75, 3.05) is 32.7 Å². The van der Waals surface area contributed by atoms with Gasteiger partial charge in [-0.2, -0.15) is 0 Å². The molecule has 1 aromatic carbocycles. The first-order valence-corrected chi connectivity index (χ1v) is 19.8. The number of unbranched alkanes of at least 4 members (excludes halogenated alkanes) is 1. The standard InChI is InChI=1S/C30H43NO10.C8H18N2O2.C3H10N2/c1-17-22(18(2)33)15-26(28(39-20(4)35)27(17)38-19(3)34)40-25-12-11-21(16-32)14-23(25)24(36)10-8-9-13-31-29(37)41-30(5,6)7;1-8(2,3)12-7(11)10-6-4-5-9;4-2-1-3-5/h11-12,14,17,22,26-28,32H,8-10,13,15-16H2,1-7H3,(H,31,37);4-6,9H2,1-3H3,(H,10,11);1-5H2/t17-,22+,26-,27+,28+;;/m1../s1. The highest BCUT2D eigenvalue weighted by molar-refractivity contribution is 5.98. The van der Waals surface area contributed by atoms with Crippen molar-refractivity contribution in [2.24, 2.45) is 29.0 Å². The first-order valence-electron chi connectivity index (χ1n) is 19.8. The van der Waals surface area contributed by atoms with Gasteiger partial charge in [0.15, 0.2) is 11.9 Å². The lowest BCUT2D eigenvalue weighted by molar-refractivity contribution is -0.190. The lowest BCUT2D eigenvalue weighted by atomic mass is 9.73. The number of rotatable bonds is 17. The van der Waals surface area contributed by atoms with Crippen molar-refractivity contribution >= 4 is 35.7 Å². The Morgan fingerprint density at radius 2 is 1.24 bits per heavy atom. The Morgan fingerprint density at radius 3 is 1.67 bits per heavy atom. The van der Waals surface area contributed by atoms with E-state index in [9.17, 15) is 33.9 Å². The zero-order valence-corrected chi connectivity index (χ0v) is 36.3. The van der Waals surface area contributed by atoms with Gasteiger partial charge in [-0.25, -0.2) is 9.59 Å². The van der Waals surface area contributed by atoms with Crippen LogP contribution in [0.1, 0.15) is 124 Å². The van der Waals surface area contributed by atoms with E-state index in [0.29, 0.717) is 38.0 Å². The van der Waals surface area contributed by atoms with Gasteiger partial charge in [0.1, 0.15) is 34.9 Å². The molecule has 1 aromatic rings. The highest BCUT2D eigenvalue weighted by Crippen LogP contribution is 2.38. The fraction of sp³-hybridized carbons (Fsp3) is 0.707. The van der Waals surface area contributed by atoms with E-state index < -0.39 is 59.4 Å². The van der Waals surface area contributed by atoms with Gasteiger partial charge in [-0.05, 0) is 118 Å². The van der Waals surface area contributed by atoms with Crippen LogP contribution in [0.2, 0.25) is 0 Å². The van der Waals surface area contributed by atoms with Crippen molar-refractivity contribution in [3.8, 4) is 5.75 Å². The number of nitrogens with two attached hydrogens (primary N) is 3. The van der Waals surface area contributed by atoms with Crippen molar-refractivity contribution in [2.45, 2.75) is 144 Å². The van der Waals surface area contributed by atoms with Crippen LogP contribution >= 0.6 is 0 Å². The molecule has 0 saturated heterocycles. The van der Waals surface area contributed by atoms with Crippen LogP contribution in [-0.4, -0.2) is 103 Å². The van der Waals surface area contributed by atoms with Crippen LogP contribution in [0.15, 0.2) is 18.2 Å². The number of amides is 2. The summed E-state index contributed by atoms with van der Waals surface area (Å²) in [5.41, 5.74) is 15.1. The monoisotopic (exact) mass is 826 g/mol. The van der Waals surface area contributed by atoms with Crippen LogP contribution in [0.25, 0.3) is 0 Å². The maximum Gasteiger partial charge on any atom is 0.407 e. The molecule has 0 unspecified atom stereocenters. The molecule has 17 nitrogen and oxygen atoms in total. The van der Waals surface area contributed by atoms with Crippen LogP contribution in [0.5, 0.6) is 5.75 Å². The number of carbonyl (C=O) groups excluding carboxylic acids is 6. The van der Waals surface area contributed by atoms with Crippen molar-refractivity contribution in [1.82, 2.24) is 10.6 Å². The smallest absolute Gasteiger partial charge is 0.407 e. The second-order valence-corrected chi connectivity index (χ2v) is 15.9. The average Bonchev–Trinajstić information content (AvgIpc) is 3.09. The third-order valence-electron chi connectivity index (χ3n) is 8.22. The summed E-state index contributed by atoms with van der Waals surface area (Å²) in [4.78, 5) is 72.4. The summed E-state index contributed by atoms with van der Waals surface area (Å²) in [5.74, 6) is -2.36. The van der Waals surface area contributed by atoms with Crippen LogP contribution in [0, 0.1) is 11.8 Å². The third kappa shape index (κ3) is 23.2. The highest BCUT2D eigenvalue weighted by atomic mass is 16.6. The zero-order valence-electron chi connectivity index (χ0n) is 36.3. The number of nitrogens with one attached hydrogen (secondary N) is 2. The van der Waals surface area contributed by atoms with Crippen molar-refractivity contribution < 1.29 is 57.6 Å². The van der Waals surface area contributed by atoms with Crippen LogP contribution in [0.4, 0.5) is 9.59 Å². The van der Waals surface area contributed by atoms with Gasteiger partial charge in [0.05, 0.1) is 12.2 Å². The first kappa shape index (κ1) is 53.7. The number of alkyl carbamates (subject to hydrolysis) is 2. The van der Waals surface area contributed by atoms with Gasteiger partial charge in [-0.15, -0.1) is 0 Å². The number of ether oxygens (including phenoxy) is 5. The van der Waals surface area contributed by atoms with Gasteiger partial charge in [0.25, 0.3) is 0 Å². The van der Waals surface area contributed by atoms with Gasteiger partial charge in [0.2, 0.25) is 0 Å². The van der Waals surface area contributed by atoms with Gasteiger partial charge in [-0.3, -0.25) is 19.2 Å². The SMILES string of the molecule is CC(=O)O[C@@H]1[C@@H](OC(C)=O)[C@H](C)[C@@H](C(C)=O)C[C@H]1Oc1ccc(CO)cc1C(=O)CCCCNC(=O)OC(C)(C)C.CC(C)(C)OC(=O)NCCCN.NCCCN. The average molecular weight is 826 g/mol. The predicted molar refractivity (Wildman–Crippen MR) is 219 cm³/mol. The van der Waals surface area contributed by atoms with E-state index in [-0.39, 0.29) is 48.4 Å². The summed E-state index contributed by atoms with van der Waals surface area (Å²) in [6.45, 7) is 19.1. The van der Waals surface area contributed by atoms with E-state index in [4.69, 9.17) is 40.9 Å². The van der Waals surface area contributed by atoms with Gasteiger partial charge < -0.3 is 56.6 Å². The molecule has 0 radical (unpaired) electrons. The molecule has 2 rings (SSSR count). The van der Waals surface area contributed by atoms with Crippen LogP contribution in [0.3, 0.4) is 0 Å². The Bertz CT molecular complexity index is 1440. The summed E-state index contributed by atoms with van der Waals surface area (Å²) in [6.07, 6.45) is -0.710. The van der Waals surface area contributed by atoms with E-state index in [1.165, 1.54) is 26.8 Å². The van der Waals surface area contributed by atoms with E-state index in [1.54, 1.807) is 39.8 Å². The molecule has 0 aliphatic heterocycles. The summed E-state index contributed by atoms with van der Waals surface area (Å²) in [6, 6.07) is 4.69. The molecular weight excluding hydrogens is 754 g/mol. The number of Topliss-reactive ketones (excluding diaryl/α,β-unsaturated/α-hetero) is 2. The molecule has 1 aliphatic rings. The summed E-state index contributed by atoms with van der Waals surface area (Å²) in [5, 5.41) is 14.9. The number of hydrogen-bond donors (Lipinski definition) is 6. The molecule has 1 saturated carbocycles. The minimum absolute atomic E-state index is 0.128. The number of ketones is 2. The minimum atomic E-state index is -1.01. The maximum atomic E-state index is 13.3. The summed E-state index contributed by atoms with van der Waals surface area (Å²) < 4.78 is 27.5. The second-order valence-electron chi connectivity index (χ2n) is 15.9. The number of benzene rings is 1. The molecule has 58 heavy (non-hydrogen) atoms. The molecule has 1 aliphatic carbocycles. The molecule has 0 bridgehead atoms. The lowest BCUT2D eigenvalue weighted by Gasteiger charge is -2.43. The Labute approximate surface area is 344 Å². The lowest BCUT2D eigenvalue weighted by Crippen LogP contribution is -2.56. The fourth-order valence-electron chi connectivity index (χ4n) is 5.62. The Morgan fingerprint density at radius 1 is 0.741 bits per heavy atom. The van der Waals surface area contributed by atoms with Gasteiger partial charge >= 0.3 is 24.1 Å². The predicted octanol–water partition coefficient (Wildman–Crippen LogP) is 4.07. The molecule has 332 valence electrons. The number of hydrogen-bond acceptors (Lipinski definition) is 15. The molecule has 0 aromatic heterocycles.